The van der Waals surface area contributed by atoms with Gasteiger partial charge in [0, 0.05) is 37.0 Å². The van der Waals surface area contributed by atoms with Crippen molar-refractivity contribution < 1.29 is 60.7 Å². The monoisotopic (exact) mass is 809 g/mol. The second-order valence-electron chi connectivity index (χ2n) is 14.4. The van der Waals surface area contributed by atoms with E-state index in [1.165, 1.54) is 26.4 Å². The molecule has 1 N–H and O–H groups in total. The van der Waals surface area contributed by atoms with Crippen LogP contribution < -0.4 is 19.1 Å². The molecule has 0 aliphatic carbocycles. The Labute approximate surface area is 329 Å². The van der Waals surface area contributed by atoms with Crippen LogP contribution in [0.1, 0.15) is 37.7 Å². The van der Waals surface area contributed by atoms with Gasteiger partial charge in [-0.25, -0.2) is 27.2 Å². The first-order chi connectivity index (χ1) is 27.9. The molecule has 4 atom stereocenters. The number of halogens is 4. The average molecular weight is 810 g/mol. The third kappa shape index (κ3) is 6.86. The number of rotatable bonds is 7. The van der Waals surface area contributed by atoms with Gasteiger partial charge in [0.1, 0.15) is 35.7 Å². The van der Waals surface area contributed by atoms with Gasteiger partial charge in [0.2, 0.25) is 0 Å². The molecule has 5 heterocycles. The summed E-state index contributed by atoms with van der Waals surface area (Å²) in [4.78, 5) is 48.0. The van der Waals surface area contributed by atoms with Gasteiger partial charge in [-0.3, -0.25) is 14.6 Å². The SMILES string of the molecule is C#Cc1c(F)ccc2cc(OC(=O)OC)cc(-c3c(F)c(OC)c4c(N5CC6CCC(C5)N6C(=O)OC)nc(OC[C@@]56CCCN5C[C@H](F)C6)nc4c3F)c12.O=CO. The van der Waals surface area contributed by atoms with Crippen LogP contribution in [-0.4, -0.2) is 122 Å². The topological polar surface area (TPSA) is 153 Å². The molecule has 0 saturated carbocycles. The zero-order chi connectivity index (χ0) is 41.5. The van der Waals surface area contributed by atoms with Gasteiger partial charge in [0.25, 0.3) is 6.47 Å². The Morgan fingerprint density at radius 1 is 1.03 bits per heavy atom. The van der Waals surface area contributed by atoms with Gasteiger partial charge in [-0.15, -0.1) is 6.42 Å². The van der Waals surface area contributed by atoms with Crippen molar-refractivity contribution in [1.29, 1.82) is 0 Å². The number of terminal acetylenes is 1. The van der Waals surface area contributed by atoms with Crippen LogP contribution in [0.25, 0.3) is 32.8 Å². The van der Waals surface area contributed by atoms with Crippen LogP contribution >= 0.6 is 0 Å². The van der Waals surface area contributed by atoms with Crippen LogP contribution in [0.5, 0.6) is 17.5 Å². The highest BCUT2D eigenvalue weighted by Crippen LogP contribution is 2.48. The van der Waals surface area contributed by atoms with Crippen molar-refractivity contribution in [2.24, 2.45) is 0 Å². The molecule has 0 spiro atoms. The molecule has 0 radical (unpaired) electrons. The molecule has 8 rings (SSSR count). The molecule has 4 aliphatic rings. The number of carbonyl (C=O) groups excluding carboxylic acids is 2. The molecule has 1 aromatic heterocycles. The van der Waals surface area contributed by atoms with Gasteiger partial charge in [-0.1, -0.05) is 12.0 Å². The molecule has 4 aliphatic heterocycles. The summed E-state index contributed by atoms with van der Waals surface area (Å²) < 4.78 is 91.4. The second kappa shape index (κ2) is 16.0. The summed E-state index contributed by atoms with van der Waals surface area (Å²) in [6.07, 6.45) is 6.26. The van der Waals surface area contributed by atoms with Crippen molar-refractivity contribution >= 4 is 46.2 Å². The smallest absolute Gasteiger partial charge is 0.493 e. The molecule has 4 fully saturated rings. The number of methoxy groups -OCH3 is 3. The largest absolute Gasteiger partial charge is 0.513 e. The van der Waals surface area contributed by atoms with Crippen molar-refractivity contribution in [3.05, 3.63) is 47.3 Å². The zero-order valence-corrected chi connectivity index (χ0v) is 31.7. The number of aromatic nitrogens is 2. The molecule has 58 heavy (non-hydrogen) atoms. The van der Waals surface area contributed by atoms with E-state index in [4.69, 9.17) is 40.3 Å². The Bertz CT molecular complexity index is 2330. The fourth-order valence-electron chi connectivity index (χ4n) is 9.03. The predicted molar refractivity (Wildman–Crippen MR) is 200 cm³/mol. The number of hydrogen-bond acceptors (Lipinski definition) is 12. The fraction of sp³-hybridized carbons (Fsp3) is 0.425. The van der Waals surface area contributed by atoms with Crippen LogP contribution in [0.15, 0.2) is 24.3 Å². The summed E-state index contributed by atoms with van der Waals surface area (Å²) in [6, 6.07) is 4.12. The first-order valence-electron chi connectivity index (χ1n) is 18.4. The van der Waals surface area contributed by atoms with E-state index >= 15 is 13.2 Å². The number of ether oxygens (including phenoxy) is 5. The molecule has 18 heteroatoms. The van der Waals surface area contributed by atoms with E-state index in [9.17, 15) is 14.0 Å². The van der Waals surface area contributed by atoms with Crippen LogP contribution in [0.2, 0.25) is 0 Å². The Morgan fingerprint density at radius 3 is 2.41 bits per heavy atom. The van der Waals surface area contributed by atoms with Crippen molar-refractivity contribution in [2.45, 2.75) is 55.9 Å². The van der Waals surface area contributed by atoms with E-state index in [-0.39, 0.29) is 96.1 Å². The van der Waals surface area contributed by atoms with Gasteiger partial charge >= 0.3 is 18.3 Å². The van der Waals surface area contributed by atoms with E-state index in [2.05, 4.69) is 20.5 Å². The molecule has 1 amide bonds. The third-order valence-corrected chi connectivity index (χ3v) is 11.4. The number of nitrogens with zero attached hydrogens (tertiary/aromatic N) is 5. The summed E-state index contributed by atoms with van der Waals surface area (Å²) in [6.45, 7) is 1.25. The van der Waals surface area contributed by atoms with E-state index in [1.807, 2.05) is 4.90 Å². The molecule has 2 bridgehead atoms. The van der Waals surface area contributed by atoms with Gasteiger partial charge in [0.05, 0.1) is 55.5 Å². The molecule has 14 nitrogen and oxygen atoms in total. The van der Waals surface area contributed by atoms with Crippen LogP contribution in [-0.2, 0) is 14.3 Å². The number of amides is 1. The molecule has 4 aromatic rings. The Hall–Kier alpha value is -6.09. The maximum absolute atomic E-state index is 17.5. The molecular weight excluding hydrogens is 770 g/mol. The van der Waals surface area contributed by atoms with Gasteiger partial charge in [-0.05, 0) is 55.8 Å². The maximum Gasteiger partial charge on any atom is 0.513 e. The lowest BCUT2D eigenvalue weighted by atomic mass is 9.92. The summed E-state index contributed by atoms with van der Waals surface area (Å²) >= 11 is 0. The van der Waals surface area contributed by atoms with Crippen LogP contribution in [0.3, 0.4) is 0 Å². The minimum Gasteiger partial charge on any atom is -0.493 e. The quantitative estimate of drug-likeness (QED) is 0.0756. The number of piperazine rings is 1. The van der Waals surface area contributed by atoms with E-state index < -0.39 is 58.2 Å². The van der Waals surface area contributed by atoms with Gasteiger partial charge in [-0.2, -0.15) is 9.97 Å². The predicted octanol–water partition coefficient (Wildman–Crippen LogP) is 6.08. The third-order valence-electron chi connectivity index (χ3n) is 11.4. The number of carbonyl (C=O) groups is 3. The molecular formula is C40H39F4N5O9. The number of fused-ring (bicyclic) bond motifs is 5. The maximum atomic E-state index is 17.5. The van der Waals surface area contributed by atoms with Crippen LogP contribution in [0, 0.1) is 29.8 Å². The summed E-state index contributed by atoms with van der Waals surface area (Å²) in [5, 5.41) is 6.94. The summed E-state index contributed by atoms with van der Waals surface area (Å²) in [5.41, 5.74) is -2.23. The minimum absolute atomic E-state index is 0.0227. The first kappa shape index (κ1) is 40.1. The minimum atomic E-state index is -1.19. The first-order valence-corrected chi connectivity index (χ1v) is 18.4. The highest BCUT2D eigenvalue weighted by molar-refractivity contribution is 6.06. The Balaban J connectivity index is 0.00000166. The summed E-state index contributed by atoms with van der Waals surface area (Å²) in [5.74, 6) is -1.43. The van der Waals surface area contributed by atoms with Crippen molar-refractivity contribution in [2.75, 3.05) is 59.0 Å². The van der Waals surface area contributed by atoms with E-state index in [0.717, 1.165) is 25.7 Å². The highest BCUT2D eigenvalue weighted by Gasteiger charge is 2.50. The van der Waals surface area contributed by atoms with Gasteiger partial charge < -0.3 is 33.7 Å². The normalized spacial score (nSPS) is 22.2. The van der Waals surface area contributed by atoms with Gasteiger partial charge in [0.15, 0.2) is 17.4 Å². The molecule has 2 unspecified atom stereocenters. The number of alkyl halides is 1. The van der Waals surface area contributed by atoms with E-state index in [0.29, 0.717) is 25.8 Å². The number of benzene rings is 3. The zero-order valence-electron chi connectivity index (χ0n) is 31.7. The van der Waals surface area contributed by atoms with Crippen molar-refractivity contribution in [3.63, 3.8) is 0 Å². The summed E-state index contributed by atoms with van der Waals surface area (Å²) in [7, 11) is 3.61. The Morgan fingerprint density at radius 2 is 1.76 bits per heavy atom. The molecule has 4 saturated heterocycles. The molecule has 3 aromatic carbocycles. The average Bonchev–Trinajstić information content (AvgIpc) is 3.83. The number of carboxylic acid groups (broad SMARTS) is 1. The number of hydrogen-bond donors (Lipinski definition) is 1. The lowest BCUT2D eigenvalue weighted by Gasteiger charge is -2.41. The highest BCUT2D eigenvalue weighted by atomic mass is 19.1. The standard InChI is InChI=1S/C39H37F4N5O7.CH2O2/c1-5-25-27(41)10-7-20-13-24(55-38(50)53-4)14-26(28(20)25)29-31(42)33-30(34(51-2)32(29)43)35(46-17-22-8-9-23(18-46)48(22)37(49)52-3)45-36(44-33)54-19-39-11-6-12-47(39)16-21(40)15-39;2-1-3/h1,7,10,13-14,21-23H,6,8-9,11-12,15-19H2,2-4H3;1H,(H,2,3)/t21-,22?,23?,39+;/m1./s1. The number of anilines is 1. The second-order valence-corrected chi connectivity index (χ2v) is 14.4. The lowest BCUT2D eigenvalue weighted by Crippen LogP contribution is -2.56. The van der Waals surface area contributed by atoms with Crippen molar-refractivity contribution in [1.82, 2.24) is 19.8 Å². The van der Waals surface area contributed by atoms with Crippen molar-refractivity contribution in [3.8, 4) is 41.0 Å². The fourth-order valence-corrected chi connectivity index (χ4v) is 9.03. The van der Waals surface area contributed by atoms with E-state index in [1.54, 1.807) is 4.90 Å². The lowest BCUT2D eigenvalue weighted by molar-refractivity contribution is -0.122. The van der Waals surface area contributed by atoms with Crippen LogP contribution in [0.4, 0.5) is 33.0 Å². The Kier molecular flexibility index (Phi) is 11.1. The molecule has 306 valence electrons.